The number of nitrogens with zero attached hydrogens (tertiary/aromatic N) is 2. The van der Waals surface area contributed by atoms with E-state index in [0.717, 1.165) is 30.7 Å². The Kier molecular flexibility index (Phi) is 6.02. The number of carbonyl (C=O) groups excluding carboxylic acids is 2. The summed E-state index contributed by atoms with van der Waals surface area (Å²) in [5.41, 5.74) is 0.743. The van der Waals surface area contributed by atoms with Crippen molar-refractivity contribution in [1.82, 2.24) is 15.1 Å². The van der Waals surface area contributed by atoms with Crippen LogP contribution in [-0.2, 0) is 20.7 Å². The number of methoxy groups -OCH3 is 1. The highest BCUT2D eigenvalue weighted by atomic mass is 16.5. The zero-order valence-electron chi connectivity index (χ0n) is 18.2. The van der Waals surface area contributed by atoms with Crippen LogP contribution in [0.5, 0.6) is 5.75 Å². The number of carbonyl (C=O) groups is 2. The van der Waals surface area contributed by atoms with E-state index in [0.29, 0.717) is 38.5 Å². The van der Waals surface area contributed by atoms with Gasteiger partial charge in [0.1, 0.15) is 5.75 Å². The van der Waals surface area contributed by atoms with Gasteiger partial charge >= 0.3 is 0 Å². The largest absolute Gasteiger partial charge is 0.497 e. The molecule has 4 atom stereocenters. The smallest absolute Gasteiger partial charge is 0.234 e. The van der Waals surface area contributed by atoms with Crippen molar-refractivity contribution in [3.05, 3.63) is 29.8 Å². The Balaban J connectivity index is 1.37. The lowest BCUT2D eigenvalue weighted by atomic mass is 9.73. The molecule has 4 rings (SSSR count). The fraction of sp³-hybridized carbons (Fsp3) is 0.652. The summed E-state index contributed by atoms with van der Waals surface area (Å²) < 4.78 is 11.7. The highest BCUT2D eigenvalue weighted by molar-refractivity contribution is 5.79. The van der Waals surface area contributed by atoms with Crippen molar-refractivity contribution < 1.29 is 19.1 Å². The molecule has 0 aromatic heterocycles. The van der Waals surface area contributed by atoms with Gasteiger partial charge in [0.2, 0.25) is 11.8 Å². The van der Waals surface area contributed by atoms with Gasteiger partial charge in [-0.15, -0.1) is 0 Å². The Morgan fingerprint density at radius 3 is 3.00 bits per heavy atom. The average Bonchev–Trinajstić information content (AvgIpc) is 3.41. The maximum Gasteiger partial charge on any atom is 0.234 e. The summed E-state index contributed by atoms with van der Waals surface area (Å²) in [6.45, 7) is 5.31. The molecule has 3 aliphatic rings. The number of rotatable bonds is 8. The molecule has 2 amide bonds. The normalized spacial score (nSPS) is 29.3. The van der Waals surface area contributed by atoms with Gasteiger partial charge in [-0.3, -0.25) is 14.5 Å². The van der Waals surface area contributed by atoms with Gasteiger partial charge in [0, 0.05) is 24.9 Å². The fourth-order valence-electron chi connectivity index (χ4n) is 5.37. The average molecular weight is 416 g/mol. The van der Waals surface area contributed by atoms with Crippen LogP contribution in [0.15, 0.2) is 24.3 Å². The molecular formula is C23H33N3O4. The van der Waals surface area contributed by atoms with Gasteiger partial charge in [-0.05, 0) is 44.1 Å². The SMILES string of the molecule is CCN(C)CC(=O)NC[C@H]1[C@H]2CN(C(=O)Cc3cccc(OC)c3)C[C@]23CC[C@H]1O3. The third-order valence-corrected chi connectivity index (χ3v) is 7.11. The van der Waals surface area contributed by atoms with Gasteiger partial charge in [-0.25, -0.2) is 0 Å². The number of likely N-dealkylation sites (N-methyl/N-ethyl adjacent to an activating group) is 1. The van der Waals surface area contributed by atoms with E-state index < -0.39 is 0 Å². The van der Waals surface area contributed by atoms with Crippen molar-refractivity contribution in [3.63, 3.8) is 0 Å². The quantitative estimate of drug-likeness (QED) is 0.693. The number of ether oxygens (including phenoxy) is 2. The van der Waals surface area contributed by atoms with Crippen LogP contribution in [-0.4, -0.2) is 80.2 Å². The van der Waals surface area contributed by atoms with E-state index in [2.05, 4.69) is 5.32 Å². The first-order valence-electron chi connectivity index (χ1n) is 11.0. The van der Waals surface area contributed by atoms with Gasteiger partial charge in [-0.1, -0.05) is 19.1 Å². The number of hydrogen-bond acceptors (Lipinski definition) is 5. The maximum absolute atomic E-state index is 13.0. The predicted octanol–water partition coefficient (Wildman–Crippen LogP) is 1.31. The van der Waals surface area contributed by atoms with Gasteiger partial charge in [-0.2, -0.15) is 0 Å². The lowest BCUT2D eigenvalue weighted by Gasteiger charge is -2.29. The molecule has 3 aliphatic heterocycles. The Morgan fingerprint density at radius 2 is 2.23 bits per heavy atom. The van der Waals surface area contributed by atoms with E-state index in [1.165, 1.54) is 0 Å². The molecule has 30 heavy (non-hydrogen) atoms. The monoisotopic (exact) mass is 415 g/mol. The standard InChI is InChI=1S/C23H33N3O4/c1-4-25(2)14-21(27)24-12-18-19-13-26(15-23(19)9-8-20(18)30-23)22(28)11-16-6-5-7-17(10-16)29-3/h5-7,10,18-20H,4,8-9,11-15H2,1-3H3,(H,24,27)/t18-,19+,20+,23+/m0/s1. The molecule has 0 radical (unpaired) electrons. The molecule has 3 heterocycles. The number of fused-ring (bicyclic) bond motifs is 1. The molecule has 1 spiro atoms. The molecule has 0 unspecified atom stereocenters. The molecule has 7 nitrogen and oxygen atoms in total. The van der Waals surface area contributed by atoms with Crippen LogP contribution < -0.4 is 10.1 Å². The summed E-state index contributed by atoms with van der Waals surface area (Å²) >= 11 is 0. The van der Waals surface area contributed by atoms with Crippen LogP contribution in [0, 0.1) is 11.8 Å². The van der Waals surface area contributed by atoms with Gasteiger partial charge in [0.15, 0.2) is 0 Å². The fourth-order valence-corrected chi connectivity index (χ4v) is 5.37. The number of likely N-dealkylation sites (tertiary alicyclic amines) is 1. The minimum absolute atomic E-state index is 0.0557. The van der Waals surface area contributed by atoms with E-state index in [1.54, 1.807) is 7.11 Å². The minimum Gasteiger partial charge on any atom is -0.497 e. The molecule has 3 saturated heterocycles. The molecule has 2 bridgehead atoms. The lowest BCUT2D eigenvalue weighted by Crippen LogP contribution is -2.43. The molecular weight excluding hydrogens is 382 g/mol. The second-order valence-corrected chi connectivity index (χ2v) is 8.97. The molecule has 7 heteroatoms. The third-order valence-electron chi connectivity index (χ3n) is 7.11. The van der Waals surface area contributed by atoms with E-state index in [1.807, 2.05) is 48.0 Å². The molecule has 1 aromatic rings. The number of amides is 2. The van der Waals surface area contributed by atoms with Crippen LogP contribution in [0.4, 0.5) is 0 Å². The highest BCUT2D eigenvalue weighted by Gasteiger charge is 2.63. The third kappa shape index (κ3) is 4.05. The summed E-state index contributed by atoms with van der Waals surface area (Å²) in [4.78, 5) is 29.2. The molecule has 3 fully saturated rings. The van der Waals surface area contributed by atoms with E-state index in [4.69, 9.17) is 9.47 Å². The molecule has 1 N–H and O–H groups in total. The van der Waals surface area contributed by atoms with Crippen molar-refractivity contribution in [3.8, 4) is 5.75 Å². The summed E-state index contributed by atoms with van der Waals surface area (Å²) in [6.07, 6.45) is 2.60. The summed E-state index contributed by atoms with van der Waals surface area (Å²) in [7, 11) is 3.58. The van der Waals surface area contributed by atoms with Crippen molar-refractivity contribution >= 4 is 11.8 Å². The van der Waals surface area contributed by atoms with Crippen molar-refractivity contribution in [2.45, 2.75) is 37.9 Å². The molecule has 0 saturated carbocycles. The second-order valence-electron chi connectivity index (χ2n) is 8.97. The van der Waals surface area contributed by atoms with Crippen molar-refractivity contribution in [1.29, 1.82) is 0 Å². The molecule has 164 valence electrons. The zero-order chi connectivity index (χ0) is 21.3. The van der Waals surface area contributed by atoms with Crippen LogP contribution in [0.25, 0.3) is 0 Å². The van der Waals surface area contributed by atoms with E-state index in [9.17, 15) is 9.59 Å². The first kappa shape index (κ1) is 21.1. The summed E-state index contributed by atoms with van der Waals surface area (Å²) in [5.74, 6) is 1.54. The van der Waals surface area contributed by atoms with Gasteiger partial charge in [0.05, 0.1) is 38.3 Å². The maximum atomic E-state index is 13.0. The van der Waals surface area contributed by atoms with Crippen LogP contribution >= 0.6 is 0 Å². The van der Waals surface area contributed by atoms with Crippen LogP contribution in [0.3, 0.4) is 0 Å². The first-order valence-corrected chi connectivity index (χ1v) is 11.0. The van der Waals surface area contributed by atoms with E-state index >= 15 is 0 Å². The minimum atomic E-state index is -0.218. The molecule has 0 aliphatic carbocycles. The zero-order valence-corrected chi connectivity index (χ0v) is 18.2. The number of nitrogens with one attached hydrogen (secondary N) is 1. The highest BCUT2D eigenvalue weighted by Crippen LogP contribution is 2.54. The Labute approximate surface area is 178 Å². The molecule has 1 aromatic carbocycles. The number of hydrogen-bond donors (Lipinski definition) is 1. The van der Waals surface area contributed by atoms with Crippen molar-refractivity contribution in [2.24, 2.45) is 11.8 Å². The Bertz CT molecular complexity index is 800. The topological polar surface area (TPSA) is 71.1 Å². The van der Waals surface area contributed by atoms with Crippen LogP contribution in [0.2, 0.25) is 0 Å². The predicted molar refractivity (Wildman–Crippen MR) is 113 cm³/mol. The summed E-state index contributed by atoms with van der Waals surface area (Å²) in [6, 6.07) is 7.68. The lowest BCUT2D eigenvalue weighted by molar-refractivity contribution is -0.131. The Hall–Kier alpha value is -2.12. The first-order chi connectivity index (χ1) is 14.4. The Morgan fingerprint density at radius 1 is 1.40 bits per heavy atom. The number of benzene rings is 1. The van der Waals surface area contributed by atoms with Gasteiger partial charge < -0.3 is 19.7 Å². The van der Waals surface area contributed by atoms with Crippen molar-refractivity contribution in [2.75, 3.05) is 46.9 Å². The van der Waals surface area contributed by atoms with Crippen LogP contribution in [0.1, 0.15) is 25.3 Å². The van der Waals surface area contributed by atoms with Gasteiger partial charge in [0.25, 0.3) is 0 Å². The van der Waals surface area contributed by atoms with E-state index in [-0.39, 0.29) is 29.4 Å². The second kappa shape index (κ2) is 8.55. The summed E-state index contributed by atoms with van der Waals surface area (Å²) in [5, 5.41) is 3.10.